The molecule has 2 amide bonds. The molecule has 7 nitrogen and oxygen atoms in total. The van der Waals surface area contributed by atoms with E-state index in [1.165, 1.54) is 7.11 Å². The van der Waals surface area contributed by atoms with E-state index in [4.69, 9.17) is 21.1 Å². The fourth-order valence-electron chi connectivity index (χ4n) is 3.02. The minimum atomic E-state index is -0.661. The van der Waals surface area contributed by atoms with Gasteiger partial charge in [0.15, 0.2) is 0 Å². The Hall–Kier alpha value is -2.09. The van der Waals surface area contributed by atoms with E-state index in [0.29, 0.717) is 41.6 Å². The van der Waals surface area contributed by atoms with Crippen LogP contribution in [0.1, 0.15) is 11.6 Å². The molecule has 2 N–H and O–H groups in total. The molecule has 1 aromatic carbocycles. The van der Waals surface area contributed by atoms with Gasteiger partial charge in [0.25, 0.3) is 0 Å². The van der Waals surface area contributed by atoms with Crippen molar-refractivity contribution in [3.05, 3.63) is 46.1 Å². The fourth-order valence-corrected chi connectivity index (χ4v) is 3.26. The second kappa shape index (κ2) is 7.86. The lowest BCUT2D eigenvalue weighted by atomic mass is 9.95. The molecule has 0 aliphatic carbocycles. The molecule has 0 unspecified atom stereocenters. The monoisotopic (exact) mass is 365 g/mol. The quantitative estimate of drug-likeness (QED) is 0.789. The number of amides is 2. The summed E-state index contributed by atoms with van der Waals surface area (Å²) >= 11 is 6.28. The van der Waals surface area contributed by atoms with Gasteiger partial charge in [0, 0.05) is 30.4 Å². The van der Waals surface area contributed by atoms with Crippen molar-refractivity contribution in [3.63, 3.8) is 0 Å². The number of nitrogens with one attached hydrogen (secondary N) is 2. The SMILES string of the molecule is COC(=O)C1=C(CN2CCOCC2)NC(=O)N[C@H]1c1ccccc1Cl. The van der Waals surface area contributed by atoms with E-state index in [9.17, 15) is 9.59 Å². The average molecular weight is 366 g/mol. The lowest BCUT2D eigenvalue weighted by molar-refractivity contribution is -0.136. The first-order chi connectivity index (χ1) is 12.1. The Kier molecular flexibility index (Phi) is 5.57. The third kappa shape index (κ3) is 3.95. The van der Waals surface area contributed by atoms with Gasteiger partial charge in [0.2, 0.25) is 0 Å². The molecular formula is C17H20ClN3O4. The van der Waals surface area contributed by atoms with E-state index in [2.05, 4.69) is 15.5 Å². The minimum Gasteiger partial charge on any atom is -0.466 e. The highest BCUT2D eigenvalue weighted by Crippen LogP contribution is 2.32. The van der Waals surface area contributed by atoms with Gasteiger partial charge in [0.05, 0.1) is 31.9 Å². The smallest absolute Gasteiger partial charge is 0.338 e. The van der Waals surface area contributed by atoms with Gasteiger partial charge in [-0.15, -0.1) is 0 Å². The second-order valence-electron chi connectivity index (χ2n) is 5.83. The van der Waals surface area contributed by atoms with Crippen molar-refractivity contribution >= 4 is 23.6 Å². The molecule has 3 rings (SSSR count). The van der Waals surface area contributed by atoms with E-state index in [0.717, 1.165) is 13.1 Å². The van der Waals surface area contributed by atoms with Gasteiger partial charge in [-0.25, -0.2) is 9.59 Å². The number of halogens is 1. The van der Waals surface area contributed by atoms with E-state index in [1.807, 2.05) is 6.07 Å². The number of benzene rings is 1. The summed E-state index contributed by atoms with van der Waals surface area (Å²) in [6, 6.07) is 6.08. The van der Waals surface area contributed by atoms with E-state index >= 15 is 0 Å². The zero-order chi connectivity index (χ0) is 17.8. The van der Waals surface area contributed by atoms with Gasteiger partial charge >= 0.3 is 12.0 Å². The number of morpholine rings is 1. The van der Waals surface area contributed by atoms with Crippen molar-refractivity contribution in [3.8, 4) is 0 Å². The first-order valence-corrected chi connectivity index (χ1v) is 8.41. The van der Waals surface area contributed by atoms with Gasteiger partial charge in [-0.3, -0.25) is 4.90 Å². The lowest BCUT2D eigenvalue weighted by Gasteiger charge is -2.33. The molecule has 0 bridgehead atoms. The third-order valence-corrected chi connectivity index (χ3v) is 4.60. The van der Waals surface area contributed by atoms with Crippen LogP contribution >= 0.6 is 11.6 Å². The molecule has 0 radical (unpaired) electrons. The summed E-state index contributed by atoms with van der Waals surface area (Å²) in [5.41, 5.74) is 1.54. The van der Waals surface area contributed by atoms with Crippen LogP contribution in [-0.2, 0) is 14.3 Å². The Morgan fingerprint density at radius 3 is 2.76 bits per heavy atom. The van der Waals surface area contributed by atoms with E-state index < -0.39 is 12.0 Å². The molecule has 1 aromatic rings. The van der Waals surface area contributed by atoms with Crippen LogP contribution in [0.3, 0.4) is 0 Å². The standard InChI is InChI=1S/C17H20ClN3O4/c1-24-16(22)14-13(10-21-6-8-25-9-7-21)19-17(23)20-15(14)11-4-2-3-5-12(11)18/h2-5,15H,6-10H2,1H3,(H2,19,20,23)/t15-/m0/s1. The number of methoxy groups -OCH3 is 1. The maximum absolute atomic E-state index is 12.5. The molecular weight excluding hydrogens is 346 g/mol. The van der Waals surface area contributed by atoms with Crippen LogP contribution in [0.2, 0.25) is 5.02 Å². The molecule has 2 aliphatic heterocycles. The van der Waals surface area contributed by atoms with Crippen molar-refractivity contribution in [1.82, 2.24) is 15.5 Å². The van der Waals surface area contributed by atoms with Gasteiger partial charge in [-0.2, -0.15) is 0 Å². The van der Waals surface area contributed by atoms with Crippen molar-refractivity contribution in [1.29, 1.82) is 0 Å². The summed E-state index contributed by atoms with van der Waals surface area (Å²) in [6.07, 6.45) is 0. The number of rotatable bonds is 4. The zero-order valence-electron chi connectivity index (χ0n) is 13.9. The van der Waals surface area contributed by atoms with Crippen LogP contribution < -0.4 is 10.6 Å². The zero-order valence-corrected chi connectivity index (χ0v) is 14.6. The van der Waals surface area contributed by atoms with Crippen LogP contribution in [0.15, 0.2) is 35.5 Å². The Morgan fingerprint density at radius 2 is 2.08 bits per heavy atom. The molecule has 0 spiro atoms. The first kappa shape index (κ1) is 17.7. The maximum atomic E-state index is 12.5. The highest BCUT2D eigenvalue weighted by molar-refractivity contribution is 6.31. The minimum absolute atomic E-state index is 0.363. The Morgan fingerprint density at radius 1 is 1.36 bits per heavy atom. The third-order valence-electron chi connectivity index (χ3n) is 4.26. The van der Waals surface area contributed by atoms with Gasteiger partial charge in [-0.1, -0.05) is 29.8 Å². The van der Waals surface area contributed by atoms with Crippen molar-refractivity contribution < 1.29 is 19.1 Å². The predicted octanol–water partition coefficient (Wildman–Crippen LogP) is 1.45. The molecule has 8 heteroatoms. The largest absolute Gasteiger partial charge is 0.466 e. The average Bonchev–Trinajstić information content (AvgIpc) is 2.62. The first-order valence-electron chi connectivity index (χ1n) is 8.03. The Bertz CT molecular complexity index is 701. The number of urea groups is 1. The van der Waals surface area contributed by atoms with Gasteiger partial charge in [0.1, 0.15) is 0 Å². The van der Waals surface area contributed by atoms with Crippen LogP contribution in [0.25, 0.3) is 0 Å². The molecule has 1 fully saturated rings. The van der Waals surface area contributed by atoms with Crippen LogP contribution in [0, 0.1) is 0 Å². The number of hydrogen-bond donors (Lipinski definition) is 2. The van der Waals surface area contributed by atoms with Crippen molar-refractivity contribution in [2.75, 3.05) is 40.0 Å². The van der Waals surface area contributed by atoms with Gasteiger partial charge in [-0.05, 0) is 11.6 Å². The molecule has 1 atom stereocenters. The van der Waals surface area contributed by atoms with Crippen molar-refractivity contribution in [2.45, 2.75) is 6.04 Å². The van der Waals surface area contributed by atoms with E-state index in [-0.39, 0.29) is 6.03 Å². The number of esters is 1. The van der Waals surface area contributed by atoms with Crippen LogP contribution in [-0.4, -0.2) is 56.9 Å². The Balaban J connectivity index is 2.00. The van der Waals surface area contributed by atoms with Crippen molar-refractivity contribution in [2.24, 2.45) is 0 Å². The fraction of sp³-hybridized carbons (Fsp3) is 0.412. The van der Waals surface area contributed by atoms with E-state index in [1.54, 1.807) is 18.2 Å². The number of nitrogens with zero attached hydrogens (tertiary/aromatic N) is 1. The lowest BCUT2D eigenvalue weighted by Crippen LogP contribution is -2.49. The molecule has 0 saturated carbocycles. The molecule has 2 aliphatic rings. The number of ether oxygens (including phenoxy) is 2. The number of carbonyl (C=O) groups excluding carboxylic acids is 2. The highest BCUT2D eigenvalue weighted by Gasteiger charge is 2.35. The number of hydrogen-bond acceptors (Lipinski definition) is 5. The topological polar surface area (TPSA) is 79.9 Å². The summed E-state index contributed by atoms with van der Waals surface area (Å²) in [4.78, 5) is 26.8. The molecule has 25 heavy (non-hydrogen) atoms. The summed E-state index contributed by atoms with van der Waals surface area (Å²) in [5.74, 6) is -0.499. The van der Waals surface area contributed by atoms with Gasteiger partial charge < -0.3 is 20.1 Å². The highest BCUT2D eigenvalue weighted by atomic mass is 35.5. The normalized spacial score (nSPS) is 21.5. The summed E-state index contributed by atoms with van der Waals surface area (Å²) in [6.45, 7) is 3.15. The maximum Gasteiger partial charge on any atom is 0.338 e. The molecule has 1 saturated heterocycles. The molecule has 0 aromatic heterocycles. The summed E-state index contributed by atoms with van der Waals surface area (Å²) in [7, 11) is 1.32. The Labute approximate surface area is 150 Å². The molecule has 2 heterocycles. The van der Waals surface area contributed by atoms with Crippen LogP contribution in [0.4, 0.5) is 4.79 Å². The summed E-state index contributed by atoms with van der Waals surface area (Å²) in [5, 5.41) is 5.99. The summed E-state index contributed by atoms with van der Waals surface area (Å²) < 4.78 is 10.3. The predicted molar refractivity (Wildman–Crippen MR) is 92.2 cm³/mol. The number of carbonyl (C=O) groups is 2. The van der Waals surface area contributed by atoms with Crippen LogP contribution in [0.5, 0.6) is 0 Å². The second-order valence-corrected chi connectivity index (χ2v) is 6.23. The molecule has 134 valence electrons.